The number of nitrogens with two attached hydrogens (primary N) is 1. The molecule has 1 aromatic rings. The molecule has 2 fully saturated rings. The molecule has 0 bridgehead atoms. The first-order chi connectivity index (χ1) is 11.4. The molecule has 1 unspecified atom stereocenters. The van der Waals surface area contributed by atoms with E-state index in [4.69, 9.17) is 19.9 Å². The minimum atomic E-state index is -0.613. The average molecular weight is 333 g/mol. The maximum absolute atomic E-state index is 6.05. The SMILES string of the molecule is Cc1cccc(NC(N)=NCC(C)(C)C2COCC23OCCO3)c1. The average Bonchev–Trinajstić information content (AvgIpc) is 3.16. The van der Waals surface area contributed by atoms with E-state index in [1.807, 2.05) is 31.2 Å². The van der Waals surface area contributed by atoms with Crippen LogP contribution in [-0.2, 0) is 14.2 Å². The minimum absolute atomic E-state index is 0.128. The molecule has 6 heteroatoms. The highest BCUT2D eigenvalue weighted by molar-refractivity contribution is 5.92. The van der Waals surface area contributed by atoms with Crippen LogP contribution >= 0.6 is 0 Å². The predicted molar refractivity (Wildman–Crippen MR) is 94.0 cm³/mol. The van der Waals surface area contributed by atoms with E-state index in [1.165, 1.54) is 5.56 Å². The molecule has 132 valence electrons. The monoisotopic (exact) mass is 333 g/mol. The minimum Gasteiger partial charge on any atom is -0.375 e. The molecule has 0 amide bonds. The zero-order chi connectivity index (χ0) is 17.2. The summed E-state index contributed by atoms with van der Waals surface area (Å²) in [7, 11) is 0. The summed E-state index contributed by atoms with van der Waals surface area (Å²) in [5.74, 6) is -0.0736. The molecular weight excluding hydrogens is 306 g/mol. The molecule has 6 nitrogen and oxygen atoms in total. The summed E-state index contributed by atoms with van der Waals surface area (Å²) in [4.78, 5) is 4.54. The summed E-state index contributed by atoms with van der Waals surface area (Å²) in [6.07, 6.45) is 0. The first-order valence-electron chi connectivity index (χ1n) is 8.41. The van der Waals surface area contributed by atoms with Crippen LogP contribution < -0.4 is 11.1 Å². The Labute approximate surface area is 143 Å². The largest absolute Gasteiger partial charge is 0.375 e. The third kappa shape index (κ3) is 3.55. The number of nitrogens with one attached hydrogen (secondary N) is 1. The van der Waals surface area contributed by atoms with Crippen LogP contribution in [0.5, 0.6) is 0 Å². The topological polar surface area (TPSA) is 78.1 Å². The maximum Gasteiger partial charge on any atom is 0.197 e. The predicted octanol–water partition coefficient (Wildman–Crippen LogP) is 2.14. The Balaban J connectivity index is 1.65. The fourth-order valence-electron chi connectivity index (χ4n) is 3.43. The highest BCUT2D eigenvalue weighted by Crippen LogP contribution is 2.44. The second kappa shape index (κ2) is 6.70. The summed E-state index contributed by atoms with van der Waals surface area (Å²) in [6, 6.07) is 8.04. The zero-order valence-electron chi connectivity index (χ0n) is 14.7. The van der Waals surface area contributed by atoms with Gasteiger partial charge in [0.15, 0.2) is 11.7 Å². The van der Waals surface area contributed by atoms with Crippen molar-refractivity contribution >= 4 is 11.6 Å². The van der Waals surface area contributed by atoms with Gasteiger partial charge in [0.2, 0.25) is 0 Å². The number of aliphatic imine (C=N–C) groups is 1. The third-order valence-electron chi connectivity index (χ3n) is 4.79. The number of guanidine groups is 1. The molecule has 2 saturated heterocycles. The smallest absolute Gasteiger partial charge is 0.197 e. The van der Waals surface area contributed by atoms with Crippen molar-refractivity contribution in [2.24, 2.45) is 22.1 Å². The highest BCUT2D eigenvalue weighted by atomic mass is 16.8. The van der Waals surface area contributed by atoms with Gasteiger partial charge in [-0.05, 0) is 30.0 Å². The van der Waals surface area contributed by atoms with Gasteiger partial charge in [0.05, 0.1) is 19.8 Å². The fourth-order valence-corrected chi connectivity index (χ4v) is 3.43. The Kier molecular flexibility index (Phi) is 4.80. The second-order valence-corrected chi connectivity index (χ2v) is 7.26. The molecular formula is C18H27N3O3. The van der Waals surface area contributed by atoms with Crippen LogP contribution in [0.4, 0.5) is 5.69 Å². The van der Waals surface area contributed by atoms with Gasteiger partial charge >= 0.3 is 0 Å². The lowest BCUT2D eigenvalue weighted by Crippen LogP contribution is -2.47. The van der Waals surface area contributed by atoms with Gasteiger partial charge in [-0.1, -0.05) is 26.0 Å². The first kappa shape index (κ1) is 17.2. The molecule has 2 heterocycles. The number of nitrogens with zero attached hydrogens (tertiary/aromatic N) is 1. The van der Waals surface area contributed by atoms with Crippen LogP contribution in [0.25, 0.3) is 0 Å². The Hall–Kier alpha value is -1.63. The number of aryl methyl sites for hydroxylation is 1. The Morgan fingerprint density at radius 2 is 2.12 bits per heavy atom. The summed E-state index contributed by atoms with van der Waals surface area (Å²) in [5.41, 5.74) is 8.02. The maximum atomic E-state index is 6.05. The number of anilines is 1. The van der Waals surface area contributed by atoms with Crippen LogP contribution in [0.1, 0.15) is 19.4 Å². The third-order valence-corrected chi connectivity index (χ3v) is 4.79. The van der Waals surface area contributed by atoms with Gasteiger partial charge in [-0.2, -0.15) is 0 Å². The molecule has 24 heavy (non-hydrogen) atoms. The van der Waals surface area contributed by atoms with Gasteiger partial charge in [-0.15, -0.1) is 0 Å². The van der Waals surface area contributed by atoms with Crippen LogP contribution in [0.3, 0.4) is 0 Å². The van der Waals surface area contributed by atoms with Crippen molar-refractivity contribution in [3.05, 3.63) is 29.8 Å². The molecule has 3 rings (SSSR count). The highest BCUT2D eigenvalue weighted by Gasteiger charge is 2.55. The quantitative estimate of drug-likeness (QED) is 0.652. The summed E-state index contributed by atoms with van der Waals surface area (Å²) in [5, 5.41) is 3.14. The van der Waals surface area contributed by atoms with Gasteiger partial charge < -0.3 is 25.3 Å². The van der Waals surface area contributed by atoms with Gasteiger partial charge in [-0.25, -0.2) is 0 Å². The van der Waals surface area contributed by atoms with Crippen molar-refractivity contribution < 1.29 is 14.2 Å². The van der Waals surface area contributed by atoms with E-state index >= 15 is 0 Å². The van der Waals surface area contributed by atoms with Crippen molar-refractivity contribution in [1.29, 1.82) is 0 Å². The van der Waals surface area contributed by atoms with Crippen LogP contribution in [0.15, 0.2) is 29.3 Å². The Bertz CT molecular complexity index is 604. The van der Waals surface area contributed by atoms with Crippen molar-refractivity contribution in [2.75, 3.05) is 38.3 Å². The number of rotatable bonds is 4. The summed E-state index contributed by atoms with van der Waals surface area (Å²) >= 11 is 0. The standard InChI is InChI=1S/C18H27N3O3/c1-13-5-4-6-14(9-13)21-16(19)20-11-17(2,3)15-10-22-12-18(15)23-7-8-24-18/h4-6,9,15H,7-8,10-12H2,1-3H3,(H3,19,20,21). The van der Waals surface area contributed by atoms with Gasteiger partial charge in [0, 0.05) is 18.2 Å². The van der Waals surface area contributed by atoms with Crippen molar-refractivity contribution in [2.45, 2.75) is 26.6 Å². The fraction of sp³-hybridized carbons (Fsp3) is 0.611. The van der Waals surface area contributed by atoms with Crippen molar-refractivity contribution in [3.8, 4) is 0 Å². The van der Waals surface area contributed by atoms with E-state index in [1.54, 1.807) is 0 Å². The molecule has 1 spiro atoms. The molecule has 1 atom stereocenters. The first-order valence-corrected chi connectivity index (χ1v) is 8.41. The Morgan fingerprint density at radius 3 is 2.83 bits per heavy atom. The number of hydrogen-bond donors (Lipinski definition) is 2. The lowest BCUT2D eigenvalue weighted by Gasteiger charge is -2.37. The summed E-state index contributed by atoms with van der Waals surface area (Å²) in [6.45, 7) is 9.27. The van der Waals surface area contributed by atoms with Crippen LogP contribution in [-0.4, -0.2) is 44.7 Å². The van der Waals surface area contributed by atoms with E-state index in [9.17, 15) is 0 Å². The number of ether oxygens (including phenoxy) is 3. The molecule has 0 radical (unpaired) electrons. The Morgan fingerprint density at radius 1 is 1.38 bits per heavy atom. The second-order valence-electron chi connectivity index (χ2n) is 7.26. The lowest BCUT2D eigenvalue weighted by atomic mass is 9.75. The molecule has 2 aliphatic heterocycles. The summed E-state index contributed by atoms with van der Waals surface area (Å²) < 4.78 is 17.4. The van der Waals surface area contributed by atoms with Crippen molar-refractivity contribution in [1.82, 2.24) is 0 Å². The number of benzene rings is 1. The van der Waals surface area contributed by atoms with Gasteiger partial charge in [0.25, 0.3) is 0 Å². The molecule has 3 N–H and O–H groups in total. The van der Waals surface area contributed by atoms with E-state index in [2.05, 4.69) is 24.2 Å². The van der Waals surface area contributed by atoms with E-state index in [-0.39, 0.29) is 11.3 Å². The molecule has 0 aliphatic carbocycles. The number of hydrogen-bond acceptors (Lipinski definition) is 4. The normalized spacial score (nSPS) is 23.8. The van der Waals surface area contributed by atoms with E-state index in [0.717, 1.165) is 5.69 Å². The van der Waals surface area contributed by atoms with Crippen LogP contribution in [0, 0.1) is 18.3 Å². The van der Waals surface area contributed by atoms with E-state index in [0.29, 0.717) is 38.9 Å². The lowest BCUT2D eigenvalue weighted by molar-refractivity contribution is -0.196. The molecule has 0 aromatic heterocycles. The van der Waals surface area contributed by atoms with Crippen LogP contribution in [0.2, 0.25) is 0 Å². The molecule has 0 saturated carbocycles. The van der Waals surface area contributed by atoms with Gasteiger partial charge in [0.1, 0.15) is 6.61 Å². The molecule has 2 aliphatic rings. The van der Waals surface area contributed by atoms with Gasteiger partial charge in [-0.3, -0.25) is 4.99 Å². The molecule has 1 aromatic carbocycles. The van der Waals surface area contributed by atoms with E-state index < -0.39 is 5.79 Å². The van der Waals surface area contributed by atoms with Crippen molar-refractivity contribution in [3.63, 3.8) is 0 Å². The zero-order valence-corrected chi connectivity index (χ0v) is 14.7.